The van der Waals surface area contributed by atoms with Gasteiger partial charge in [0.15, 0.2) is 24.3 Å². The summed E-state index contributed by atoms with van der Waals surface area (Å²) < 4.78 is 25.9. The molecule has 1 aliphatic rings. The lowest BCUT2D eigenvalue weighted by Gasteiger charge is -2.45. The lowest BCUT2D eigenvalue weighted by atomic mass is 9.95. The summed E-state index contributed by atoms with van der Waals surface area (Å²) in [5, 5.41) is 7.44. The normalized spacial score (nSPS) is 23.1. The van der Waals surface area contributed by atoms with Gasteiger partial charge in [0.2, 0.25) is 10.7 Å². The van der Waals surface area contributed by atoms with E-state index in [1.165, 1.54) is 32.4 Å². The predicted octanol–water partition coefficient (Wildman–Crippen LogP) is 1.93. The zero-order valence-corrected chi connectivity index (χ0v) is 22.0. The van der Waals surface area contributed by atoms with Crippen LogP contribution in [0.15, 0.2) is 30.3 Å². The summed E-state index contributed by atoms with van der Waals surface area (Å²) >= 11 is 5.72. The highest BCUT2D eigenvalue weighted by atomic mass is 32.1. The summed E-state index contributed by atoms with van der Waals surface area (Å²) in [7, 11) is 0. The van der Waals surface area contributed by atoms with Crippen molar-refractivity contribution in [3.8, 4) is 11.4 Å². The molecular formula is C24H30N4O8S. The second-order valence-electron chi connectivity index (χ2n) is 8.40. The minimum Gasteiger partial charge on any atom is -0.463 e. The molecule has 1 N–H and O–H groups in total. The molecule has 0 aliphatic carbocycles. The van der Waals surface area contributed by atoms with E-state index in [1.54, 1.807) is 4.57 Å². The van der Waals surface area contributed by atoms with Gasteiger partial charge in [0.25, 0.3) is 0 Å². The summed E-state index contributed by atoms with van der Waals surface area (Å²) in [4.78, 5) is 47.9. The Bertz CT molecular complexity index is 1210. The monoisotopic (exact) mass is 534 g/mol. The summed E-state index contributed by atoms with van der Waals surface area (Å²) in [6.07, 6.45) is -4.59. The Balaban J connectivity index is 2.18. The highest BCUT2D eigenvalue weighted by Crippen LogP contribution is 2.33. The molecule has 1 saturated heterocycles. The SMILES string of the molecule is CCn1c(-c2ccccc2)nn([C@@H]2O[C@H](COC(C)=O)[C@@H](OC(C)=O)[C@H](OC(C)=O)[C@H]2NC(C)=O)c1=S. The molecule has 1 aromatic carbocycles. The lowest BCUT2D eigenvalue weighted by Crippen LogP contribution is -2.64. The molecule has 2 aromatic rings. The van der Waals surface area contributed by atoms with Gasteiger partial charge in [0.05, 0.1) is 0 Å². The van der Waals surface area contributed by atoms with Crippen molar-refractivity contribution < 1.29 is 38.1 Å². The van der Waals surface area contributed by atoms with E-state index >= 15 is 0 Å². The fourth-order valence-electron chi connectivity index (χ4n) is 4.18. The van der Waals surface area contributed by atoms with Crippen molar-refractivity contribution in [2.24, 2.45) is 0 Å². The van der Waals surface area contributed by atoms with Gasteiger partial charge < -0.3 is 28.8 Å². The highest BCUT2D eigenvalue weighted by molar-refractivity contribution is 7.71. The van der Waals surface area contributed by atoms with Crippen LogP contribution >= 0.6 is 12.2 Å². The molecule has 3 rings (SSSR count). The first-order valence-corrected chi connectivity index (χ1v) is 12.1. The summed E-state index contributed by atoms with van der Waals surface area (Å²) in [6.45, 7) is 6.94. The van der Waals surface area contributed by atoms with Crippen LogP contribution in [-0.2, 0) is 44.7 Å². The molecule has 37 heavy (non-hydrogen) atoms. The number of rotatable bonds is 8. The first kappa shape index (κ1) is 28.0. The standard InChI is InChI=1S/C24H30N4O8S/c1-6-27-22(17-10-8-7-9-11-17)26-28(24(27)37)23-19(25-13(2)29)21(35-16(5)32)20(34-15(4)31)18(36-23)12-33-14(3)30/h7-11,18-21,23H,6,12H2,1-5H3,(H,25,29)/t18-,19-,20-,21-,23-/m1/s1. The summed E-state index contributed by atoms with van der Waals surface area (Å²) in [5.41, 5.74) is 0.798. The van der Waals surface area contributed by atoms with Crippen LogP contribution in [0.4, 0.5) is 0 Å². The van der Waals surface area contributed by atoms with Gasteiger partial charge in [0, 0.05) is 39.8 Å². The molecule has 2 heterocycles. The maximum Gasteiger partial charge on any atom is 0.303 e. The maximum atomic E-state index is 12.2. The number of carbonyl (C=O) groups excluding carboxylic acids is 4. The van der Waals surface area contributed by atoms with Crippen LogP contribution in [-0.4, -0.2) is 69.1 Å². The van der Waals surface area contributed by atoms with Gasteiger partial charge in [-0.2, -0.15) is 0 Å². The second kappa shape index (κ2) is 12.1. The molecule has 1 aromatic heterocycles. The van der Waals surface area contributed by atoms with Crippen LogP contribution < -0.4 is 5.32 Å². The van der Waals surface area contributed by atoms with Gasteiger partial charge in [-0.1, -0.05) is 30.3 Å². The van der Waals surface area contributed by atoms with Crippen molar-refractivity contribution in [3.05, 3.63) is 35.1 Å². The molecular weight excluding hydrogens is 504 g/mol. The third kappa shape index (κ3) is 6.60. The van der Waals surface area contributed by atoms with Gasteiger partial charge in [0.1, 0.15) is 18.8 Å². The predicted molar refractivity (Wildman–Crippen MR) is 131 cm³/mol. The largest absolute Gasteiger partial charge is 0.463 e. The number of carbonyl (C=O) groups is 4. The van der Waals surface area contributed by atoms with Crippen LogP contribution in [0.5, 0.6) is 0 Å². The van der Waals surface area contributed by atoms with Crippen LogP contribution in [0.25, 0.3) is 11.4 Å². The van der Waals surface area contributed by atoms with Crippen LogP contribution in [0, 0.1) is 4.77 Å². The molecule has 5 atom stereocenters. The number of ether oxygens (including phenoxy) is 4. The Kier molecular flexibility index (Phi) is 9.16. The van der Waals surface area contributed by atoms with Crippen molar-refractivity contribution in [3.63, 3.8) is 0 Å². The molecule has 1 fully saturated rings. The zero-order valence-electron chi connectivity index (χ0n) is 21.2. The smallest absolute Gasteiger partial charge is 0.303 e. The molecule has 12 nitrogen and oxygen atoms in total. The summed E-state index contributed by atoms with van der Waals surface area (Å²) in [6, 6.07) is 8.30. The third-order valence-corrected chi connectivity index (χ3v) is 5.97. The van der Waals surface area contributed by atoms with E-state index in [1.807, 2.05) is 37.3 Å². The van der Waals surface area contributed by atoms with Crippen molar-refractivity contribution in [1.29, 1.82) is 0 Å². The number of nitrogens with zero attached hydrogens (tertiary/aromatic N) is 3. The van der Waals surface area contributed by atoms with E-state index in [0.29, 0.717) is 12.4 Å². The number of nitrogens with one attached hydrogen (secondary N) is 1. The minimum atomic E-state index is -1.21. The van der Waals surface area contributed by atoms with E-state index < -0.39 is 54.4 Å². The Labute approximate surface area is 218 Å². The van der Waals surface area contributed by atoms with E-state index in [2.05, 4.69) is 5.32 Å². The van der Waals surface area contributed by atoms with Crippen molar-refractivity contribution in [2.45, 2.75) is 71.7 Å². The van der Waals surface area contributed by atoms with Crippen molar-refractivity contribution in [1.82, 2.24) is 19.7 Å². The molecule has 0 saturated carbocycles. The molecule has 0 unspecified atom stereocenters. The molecule has 200 valence electrons. The molecule has 0 spiro atoms. The average Bonchev–Trinajstić information content (AvgIpc) is 3.16. The Morgan fingerprint density at radius 2 is 1.62 bits per heavy atom. The number of esters is 3. The van der Waals surface area contributed by atoms with Crippen molar-refractivity contribution in [2.75, 3.05) is 6.61 Å². The first-order valence-electron chi connectivity index (χ1n) is 11.7. The minimum absolute atomic E-state index is 0.278. The van der Waals surface area contributed by atoms with Crippen LogP contribution in [0.1, 0.15) is 40.8 Å². The van der Waals surface area contributed by atoms with Gasteiger partial charge in [-0.3, -0.25) is 19.2 Å². The second-order valence-corrected chi connectivity index (χ2v) is 8.77. The van der Waals surface area contributed by atoms with Gasteiger partial charge in [-0.05, 0) is 19.1 Å². The highest BCUT2D eigenvalue weighted by Gasteiger charge is 2.52. The van der Waals surface area contributed by atoms with Crippen molar-refractivity contribution >= 4 is 36.0 Å². The zero-order chi connectivity index (χ0) is 27.3. The van der Waals surface area contributed by atoms with Gasteiger partial charge >= 0.3 is 17.9 Å². The van der Waals surface area contributed by atoms with Gasteiger partial charge in [-0.25, -0.2) is 4.68 Å². The first-order chi connectivity index (χ1) is 17.5. The summed E-state index contributed by atoms with van der Waals surface area (Å²) in [5.74, 6) is -1.86. The van der Waals surface area contributed by atoms with E-state index in [0.717, 1.165) is 5.56 Å². The number of benzene rings is 1. The quantitative estimate of drug-likeness (QED) is 0.303. The van der Waals surface area contributed by atoms with E-state index in [-0.39, 0.29) is 11.4 Å². The Morgan fingerprint density at radius 1 is 1.00 bits per heavy atom. The van der Waals surface area contributed by atoms with E-state index in [9.17, 15) is 19.2 Å². The maximum absolute atomic E-state index is 12.2. The Hall–Kier alpha value is -3.58. The Morgan fingerprint density at radius 3 is 2.16 bits per heavy atom. The van der Waals surface area contributed by atoms with Gasteiger partial charge in [-0.15, -0.1) is 5.10 Å². The van der Waals surface area contributed by atoms with Crippen LogP contribution in [0.2, 0.25) is 0 Å². The molecule has 0 radical (unpaired) electrons. The number of hydrogen-bond donors (Lipinski definition) is 1. The fraction of sp³-hybridized carbons (Fsp3) is 0.500. The number of amides is 1. The lowest BCUT2D eigenvalue weighted by molar-refractivity contribution is -0.239. The molecule has 1 amide bonds. The number of hydrogen-bond acceptors (Lipinski definition) is 10. The molecule has 1 aliphatic heterocycles. The third-order valence-electron chi connectivity index (χ3n) is 5.56. The molecule has 0 bridgehead atoms. The van der Waals surface area contributed by atoms with Crippen LogP contribution in [0.3, 0.4) is 0 Å². The van der Waals surface area contributed by atoms with E-state index in [4.69, 9.17) is 36.3 Å². The average molecular weight is 535 g/mol. The number of aromatic nitrogens is 3. The topological polar surface area (TPSA) is 140 Å². The molecule has 13 heteroatoms. The fourth-order valence-corrected chi connectivity index (χ4v) is 4.54.